The van der Waals surface area contributed by atoms with Gasteiger partial charge in [0.1, 0.15) is 5.75 Å². The first-order valence-electron chi connectivity index (χ1n) is 9.01. The average molecular weight is 433 g/mol. The summed E-state index contributed by atoms with van der Waals surface area (Å²) in [5.74, 6) is -1.99. The zero-order chi connectivity index (χ0) is 18.6. The molecule has 3 nitrogen and oxygen atoms in total. The zero-order valence-electron chi connectivity index (χ0n) is 16.1. The molecule has 0 unspecified atom stereocenters. The van der Waals surface area contributed by atoms with Crippen molar-refractivity contribution in [3.63, 3.8) is 0 Å². The molecule has 2 N–H and O–H groups in total. The number of ether oxygens (including phenoxy) is 1. The molecule has 1 aliphatic rings. The maximum Gasteiger partial charge on any atom is 0.249 e. The van der Waals surface area contributed by atoms with Crippen LogP contribution in [0.2, 0.25) is 0 Å². The van der Waals surface area contributed by atoms with Crippen molar-refractivity contribution in [2.75, 3.05) is 13.7 Å². The van der Waals surface area contributed by atoms with E-state index in [1.807, 2.05) is 24.3 Å². The van der Waals surface area contributed by atoms with Crippen molar-refractivity contribution in [3.05, 3.63) is 65.2 Å². The first kappa shape index (κ1) is 24.6. The van der Waals surface area contributed by atoms with Gasteiger partial charge in [0.05, 0.1) is 7.11 Å². The molecule has 1 saturated heterocycles. The fourth-order valence-corrected chi connectivity index (χ4v) is 3.61. The predicted molar refractivity (Wildman–Crippen MR) is 114 cm³/mol. The third-order valence-electron chi connectivity index (χ3n) is 4.79. The van der Waals surface area contributed by atoms with Crippen LogP contribution in [0.3, 0.4) is 0 Å². The summed E-state index contributed by atoms with van der Waals surface area (Å²) >= 11 is 0. The van der Waals surface area contributed by atoms with Crippen LogP contribution in [0.1, 0.15) is 36.1 Å². The number of alkyl halides is 2. The highest BCUT2D eigenvalue weighted by Gasteiger charge is 2.28. The summed E-state index contributed by atoms with van der Waals surface area (Å²) in [6.07, 6.45) is 0.760. The van der Waals surface area contributed by atoms with E-state index in [1.165, 1.54) is 5.56 Å². The lowest BCUT2D eigenvalue weighted by Crippen LogP contribution is -2.34. The number of benzene rings is 2. The van der Waals surface area contributed by atoms with E-state index in [1.54, 1.807) is 19.2 Å². The van der Waals surface area contributed by atoms with E-state index in [-0.39, 0.29) is 37.3 Å². The average Bonchev–Trinajstić information content (AvgIpc) is 3.08. The van der Waals surface area contributed by atoms with Crippen LogP contribution in [0.5, 0.6) is 5.75 Å². The van der Waals surface area contributed by atoms with E-state index in [2.05, 4.69) is 22.8 Å². The minimum absolute atomic E-state index is 0. The lowest BCUT2D eigenvalue weighted by atomic mass is 10.00. The van der Waals surface area contributed by atoms with Crippen LogP contribution in [0.15, 0.2) is 48.5 Å². The smallest absolute Gasteiger partial charge is 0.249 e. The predicted octanol–water partition coefficient (Wildman–Crippen LogP) is 4.93. The molecule has 7 heteroatoms. The number of methoxy groups -OCH3 is 1. The Balaban J connectivity index is 0.00000196. The van der Waals surface area contributed by atoms with Gasteiger partial charge in [-0.1, -0.05) is 42.5 Å². The van der Waals surface area contributed by atoms with Gasteiger partial charge in [0, 0.05) is 30.6 Å². The summed E-state index contributed by atoms with van der Waals surface area (Å²) < 4.78 is 32.1. The number of hydrogen-bond acceptors (Lipinski definition) is 3. The van der Waals surface area contributed by atoms with E-state index in [9.17, 15) is 8.78 Å². The number of nitrogens with one attached hydrogen (secondary N) is 2. The largest absolute Gasteiger partial charge is 0.496 e. The van der Waals surface area contributed by atoms with Crippen LogP contribution >= 0.6 is 24.8 Å². The first-order chi connectivity index (χ1) is 12.5. The van der Waals surface area contributed by atoms with Gasteiger partial charge in [-0.05, 0) is 37.1 Å². The molecule has 2 aromatic carbocycles. The van der Waals surface area contributed by atoms with Gasteiger partial charge in [0.15, 0.2) is 0 Å². The van der Waals surface area contributed by atoms with Crippen LogP contribution in [-0.2, 0) is 13.0 Å². The second-order valence-corrected chi connectivity index (χ2v) is 7.01. The van der Waals surface area contributed by atoms with Crippen molar-refractivity contribution >= 4 is 24.8 Å². The van der Waals surface area contributed by atoms with Gasteiger partial charge in [0.2, 0.25) is 5.92 Å². The van der Waals surface area contributed by atoms with E-state index in [0.717, 1.165) is 31.2 Å². The Morgan fingerprint density at radius 3 is 2.50 bits per heavy atom. The Morgan fingerprint density at radius 2 is 1.86 bits per heavy atom. The third kappa shape index (κ3) is 6.59. The fraction of sp³-hybridized carbons (Fsp3) is 0.429. The highest BCUT2D eigenvalue weighted by atomic mass is 35.5. The van der Waals surface area contributed by atoms with Crippen molar-refractivity contribution in [2.45, 2.75) is 44.3 Å². The van der Waals surface area contributed by atoms with Gasteiger partial charge in [0.25, 0.3) is 0 Å². The molecule has 0 aromatic heterocycles. The third-order valence-corrected chi connectivity index (χ3v) is 4.79. The standard InChI is InChI=1S/C21H26F2N2O.2ClH/c1-21(22,23)13-15-8-9-19(26-2)17(12-15)14-25-18-10-11-24-20(18)16-6-4-3-5-7-16;;/h3-9,12,18,20,24-25H,10-11,13-14H2,1-2H3;2*1H/t18-,20-;;/m1../s1. The van der Waals surface area contributed by atoms with Crippen LogP contribution in [0.4, 0.5) is 8.78 Å². The molecule has 3 rings (SSSR count). The lowest BCUT2D eigenvalue weighted by Gasteiger charge is -2.22. The highest BCUT2D eigenvalue weighted by Crippen LogP contribution is 2.27. The lowest BCUT2D eigenvalue weighted by molar-refractivity contribution is 0.0226. The molecule has 2 atom stereocenters. The fourth-order valence-electron chi connectivity index (χ4n) is 3.61. The number of halogens is 4. The Kier molecular flexibility index (Phi) is 9.64. The molecular weight excluding hydrogens is 405 g/mol. The molecule has 156 valence electrons. The van der Waals surface area contributed by atoms with E-state index >= 15 is 0 Å². The van der Waals surface area contributed by atoms with Gasteiger partial charge in [-0.2, -0.15) is 0 Å². The second-order valence-electron chi connectivity index (χ2n) is 7.01. The molecule has 1 heterocycles. The highest BCUT2D eigenvalue weighted by molar-refractivity contribution is 5.85. The maximum atomic E-state index is 13.3. The minimum Gasteiger partial charge on any atom is -0.496 e. The van der Waals surface area contributed by atoms with Crippen molar-refractivity contribution < 1.29 is 13.5 Å². The summed E-state index contributed by atoms with van der Waals surface area (Å²) in [5, 5.41) is 7.12. The summed E-state index contributed by atoms with van der Waals surface area (Å²) in [6, 6.07) is 16.2. The normalized spacial score (nSPS) is 18.9. The molecular formula is C21H28Cl2F2N2O. The molecule has 28 heavy (non-hydrogen) atoms. The molecule has 0 saturated carbocycles. The Morgan fingerprint density at radius 1 is 1.14 bits per heavy atom. The monoisotopic (exact) mass is 432 g/mol. The Labute approximate surface area is 178 Å². The summed E-state index contributed by atoms with van der Waals surface area (Å²) in [4.78, 5) is 0. The summed E-state index contributed by atoms with van der Waals surface area (Å²) in [5.41, 5.74) is 2.79. The quantitative estimate of drug-likeness (QED) is 0.650. The van der Waals surface area contributed by atoms with Crippen LogP contribution in [-0.4, -0.2) is 25.6 Å². The van der Waals surface area contributed by atoms with Crippen molar-refractivity contribution in [3.8, 4) is 5.75 Å². The number of hydrogen-bond donors (Lipinski definition) is 2. The molecule has 0 spiro atoms. The molecule has 1 aliphatic heterocycles. The van der Waals surface area contributed by atoms with E-state index < -0.39 is 5.92 Å². The molecule has 0 bridgehead atoms. The van der Waals surface area contributed by atoms with Gasteiger partial charge in [-0.25, -0.2) is 8.78 Å². The van der Waals surface area contributed by atoms with Crippen molar-refractivity contribution in [1.29, 1.82) is 0 Å². The first-order valence-corrected chi connectivity index (χ1v) is 9.01. The molecule has 0 amide bonds. The van der Waals surface area contributed by atoms with Crippen LogP contribution in [0.25, 0.3) is 0 Å². The maximum absolute atomic E-state index is 13.3. The topological polar surface area (TPSA) is 33.3 Å². The molecule has 0 aliphatic carbocycles. The van der Waals surface area contributed by atoms with E-state index in [0.29, 0.717) is 18.2 Å². The van der Waals surface area contributed by atoms with Gasteiger partial charge in [-0.15, -0.1) is 24.8 Å². The van der Waals surface area contributed by atoms with Crippen LogP contribution in [0, 0.1) is 0 Å². The zero-order valence-corrected chi connectivity index (χ0v) is 17.7. The Bertz CT molecular complexity index is 726. The Hall–Kier alpha value is -1.40. The molecule has 0 radical (unpaired) electrons. The number of rotatable bonds is 7. The van der Waals surface area contributed by atoms with Crippen molar-refractivity contribution in [2.24, 2.45) is 0 Å². The minimum atomic E-state index is -2.72. The van der Waals surface area contributed by atoms with Gasteiger partial charge < -0.3 is 15.4 Å². The summed E-state index contributed by atoms with van der Waals surface area (Å²) in [7, 11) is 1.61. The summed E-state index contributed by atoms with van der Waals surface area (Å²) in [6.45, 7) is 2.49. The molecule has 2 aromatic rings. The van der Waals surface area contributed by atoms with Gasteiger partial charge >= 0.3 is 0 Å². The van der Waals surface area contributed by atoms with Gasteiger partial charge in [-0.3, -0.25) is 0 Å². The van der Waals surface area contributed by atoms with E-state index in [4.69, 9.17) is 4.74 Å². The molecule has 1 fully saturated rings. The second kappa shape index (κ2) is 11.0. The van der Waals surface area contributed by atoms with Crippen molar-refractivity contribution in [1.82, 2.24) is 10.6 Å². The van der Waals surface area contributed by atoms with Crippen LogP contribution < -0.4 is 15.4 Å². The SMILES string of the molecule is COc1ccc(CC(C)(F)F)cc1CN[C@@H]1CCN[C@@H]1c1ccccc1.Cl.Cl.